The summed E-state index contributed by atoms with van der Waals surface area (Å²) in [6.07, 6.45) is 0.768. The molecule has 5 rings (SSSR count). The number of para-hydroxylation sites is 1. The van der Waals surface area contributed by atoms with Crippen molar-refractivity contribution >= 4 is 40.1 Å². The quantitative estimate of drug-likeness (QED) is 0.560. The van der Waals surface area contributed by atoms with Crippen LogP contribution in [0.1, 0.15) is 35.6 Å². The minimum atomic E-state index is -0.562. The maximum absolute atomic E-state index is 12.7. The van der Waals surface area contributed by atoms with Crippen LogP contribution in [0.25, 0.3) is 0 Å². The van der Waals surface area contributed by atoms with Gasteiger partial charge in [0, 0.05) is 18.5 Å². The van der Waals surface area contributed by atoms with E-state index in [0.717, 1.165) is 16.8 Å². The summed E-state index contributed by atoms with van der Waals surface area (Å²) in [5.41, 5.74) is 5.01. The molecule has 2 aliphatic heterocycles. The van der Waals surface area contributed by atoms with Gasteiger partial charge in [0.15, 0.2) is 5.17 Å². The highest BCUT2D eigenvalue weighted by atomic mass is 32.2. The molecule has 6 nitrogen and oxygen atoms in total. The number of benzene rings is 3. The summed E-state index contributed by atoms with van der Waals surface area (Å²) in [7, 11) is 0. The van der Waals surface area contributed by atoms with Crippen LogP contribution >= 0.6 is 11.8 Å². The molecule has 0 saturated carbocycles. The third-order valence-corrected chi connectivity index (χ3v) is 6.97. The second-order valence-electron chi connectivity index (χ2n) is 8.35. The molecule has 0 bridgehead atoms. The predicted octanol–water partition coefficient (Wildman–Crippen LogP) is 5.17. The first-order valence-electron chi connectivity index (χ1n) is 11.2. The van der Waals surface area contributed by atoms with Gasteiger partial charge in [0.25, 0.3) is 5.91 Å². The van der Waals surface area contributed by atoms with Gasteiger partial charge in [-0.2, -0.15) is 10.1 Å². The van der Waals surface area contributed by atoms with E-state index in [-0.39, 0.29) is 24.3 Å². The van der Waals surface area contributed by atoms with Crippen molar-refractivity contribution in [2.24, 2.45) is 10.1 Å². The van der Waals surface area contributed by atoms with Crippen LogP contribution in [-0.2, 0) is 9.59 Å². The van der Waals surface area contributed by atoms with Crippen molar-refractivity contribution in [2.75, 3.05) is 5.32 Å². The summed E-state index contributed by atoms with van der Waals surface area (Å²) < 4.78 is 0. The number of aliphatic imine (C=N–C) groups is 1. The highest BCUT2D eigenvalue weighted by Gasteiger charge is 2.39. The largest absolute Gasteiger partial charge is 0.326 e. The zero-order valence-electron chi connectivity index (χ0n) is 18.7. The van der Waals surface area contributed by atoms with Crippen LogP contribution in [0.5, 0.6) is 0 Å². The number of rotatable bonds is 5. The number of hydrogen-bond acceptors (Lipinski definition) is 5. The lowest BCUT2D eigenvalue weighted by Gasteiger charge is -2.23. The Labute approximate surface area is 202 Å². The summed E-state index contributed by atoms with van der Waals surface area (Å²) in [5.74, 6) is -0.507. The van der Waals surface area contributed by atoms with E-state index in [0.29, 0.717) is 17.3 Å². The number of anilines is 1. The maximum atomic E-state index is 12.7. The standard InChI is InChI=1S/C27H24N4O2S/c1-18-12-14-20(15-13-18)23-16-22(19-8-4-2-5-9-19)30-31(23)27-29-26(33)24(34-27)17-25(32)28-21-10-6-3-7-11-21/h2-15,23-24H,16-17H2,1H3,(H,28,32)/t23-,24-/m0/s1. The van der Waals surface area contributed by atoms with Crippen molar-refractivity contribution in [2.45, 2.75) is 31.1 Å². The zero-order chi connectivity index (χ0) is 23.5. The number of nitrogens with one attached hydrogen (secondary N) is 1. The topological polar surface area (TPSA) is 74.1 Å². The molecule has 0 radical (unpaired) electrons. The molecule has 7 heteroatoms. The van der Waals surface area contributed by atoms with Crippen molar-refractivity contribution in [1.82, 2.24) is 5.01 Å². The van der Waals surface area contributed by atoms with E-state index in [2.05, 4.69) is 41.5 Å². The molecule has 2 amide bonds. The maximum Gasteiger partial charge on any atom is 0.262 e. The van der Waals surface area contributed by atoms with Crippen LogP contribution in [0.3, 0.4) is 0 Å². The number of hydrazone groups is 1. The van der Waals surface area contributed by atoms with Crippen molar-refractivity contribution in [3.8, 4) is 0 Å². The lowest BCUT2D eigenvalue weighted by atomic mass is 9.98. The fourth-order valence-electron chi connectivity index (χ4n) is 4.05. The molecule has 0 spiro atoms. The van der Waals surface area contributed by atoms with Gasteiger partial charge in [0.2, 0.25) is 5.91 Å². The molecule has 0 saturated heterocycles. The Bertz CT molecular complexity index is 1260. The normalized spacial score (nSPS) is 19.7. The minimum Gasteiger partial charge on any atom is -0.326 e. The Balaban J connectivity index is 1.35. The molecule has 2 aliphatic rings. The predicted molar refractivity (Wildman–Crippen MR) is 137 cm³/mol. The first-order chi connectivity index (χ1) is 16.6. The van der Waals surface area contributed by atoms with Gasteiger partial charge in [-0.05, 0) is 30.2 Å². The molecular formula is C27H24N4O2S. The Kier molecular flexibility index (Phi) is 6.27. The fourth-order valence-corrected chi connectivity index (χ4v) is 5.11. The van der Waals surface area contributed by atoms with E-state index in [9.17, 15) is 9.59 Å². The monoisotopic (exact) mass is 468 g/mol. The van der Waals surface area contributed by atoms with Gasteiger partial charge in [-0.1, -0.05) is 90.1 Å². The van der Waals surface area contributed by atoms with E-state index in [1.54, 1.807) is 0 Å². The van der Waals surface area contributed by atoms with Gasteiger partial charge in [-0.15, -0.1) is 0 Å². The Morgan fingerprint density at radius 1 is 1.00 bits per heavy atom. The van der Waals surface area contributed by atoms with E-state index in [1.807, 2.05) is 65.7 Å². The van der Waals surface area contributed by atoms with E-state index >= 15 is 0 Å². The van der Waals surface area contributed by atoms with Gasteiger partial charge >= 0.3 is 0 Å². The number of thioether (sulfide) groups is 1. The first-order valence-corrected chi connectivity index (χ1v) is 12.1. The van der Waals surface area contributed by atoms with Crippen molar-refractivity contribution in [3.63, 3.8) is 0 Å². The SMILES string of the molecule is Cc1ccc([C@@H]2CC(c3ccccc3)=NN2C2=NC(=O)[C@H](CC(=O)Nc3ccccc3)S2)cc1. The number of aryl methyl sites for hydroxylation is 1. The number of amides is 2. The molecule has 0 aromatic heterocycles. The van der Waals surface area contributed by atoms with E-state index in [4.69, 9.17) is 5.10 Å². The smallest absolute Gasteiger partial charge is 0.262 e. The zero-order valence-corrected chi connectivity index (χ0v) is 19.5. The van der Waals surface area contributed by atoms with Gasteiger partial charge in [0.05, 0.1) is 11.8 Å². The van der Waals surface area contributed by atoms with Crippen molar-refractivity contribution < 1.29 is 9.59 Å². The lowest BCUT2D eigenvalue weighted by Crippen LogP contribution is -2.25. The Morgan fingerprint density at radius 3 is 2.38 bits per heavy atom. The number of carbonyl (C=O) groups is 2. The molecule has 34 heavy (non-hydrogen) atoms. The van der Waals surface area contributed by atoms with Crippen LogP contribution in [0.2, 0.25) is 0 Å². The average molecular weight is 469 g/mol. The highest BCUT2D eigenvalue weighted by molar-refractivity contribution is 8.15. The van der Waals surface area contributed by atoms with E-state index in [1.165, 1.54) is 17.3 Å². The second kappa shape index (κ2) is 9.65. The molecule has 1 N–H and O–H groups in total. The van der Waals surface area contributed by atoms with Crippen molar-refractivity contribution in [3.05, 3.63) is 102 Å². The summed E-state index contributed by atoms with van der Waals surface area (Å²) in [6, 6.07) is 27.6. The van der Waals surface area contributed by atoms with Gasteiger partial charge in [-0.3, -0.25) is 9.59 Å². The average Bonchev–Trinajstić information content (AvgIpc) is 3.45. The molecule has 2 heterocycles. The van der Waals surface area contributed by atoms with E-state index < -0.39 is 5.25 Å². The molecule has 0 fully saturated rings. The van der Waals surface area contributed by atoms with Crippen LogP contribution in [-0.4, -0.2) is 33.0 Å². The number of hydrogen-bond donors (Lipinski definition) is 1. The Morgan fingerprint density at radius 2 is 1.68 bits per heavy atom. The summed E-state index contributed by atoms with van der Waals surface area (Å²) in [6.45, 7) is 2.06. The van der Waals surface area contributed by atoms with Crippen LogP contribution in [0.15, 0.2) is 95.0 Å². The van der Waals surface area contributed by atoms with Gasteiger partial charge in [-0.25, -0.2) is 5.01 Å². The molecular weight excluding hydrogens is 444 g/mol. The lowest BCUT2D eigenvalue weighted by molar-refractivity contribution is -0.121. The molecule has 3 aromatic rings. The summed E-state index contributed by atoms with van der Waals surface area (Å²) in [5, 5.41) is 9.56. The van der Waals surface area contributed by atoms with Crippen LogP contribution in [0, 0.1) is 6.92 Å². The fraction of sp³-hybridized carbons (Fsp3) is 0.185. The molecule has 0 aliphatic carbocycles. The number of carbonyl (C=O) groups excluding carboxylic acids is 2. The number of amidine groups is 1. The van der Waals surface area contributed by atoms with Crippen molar-refractivity contribution in [1.29, 1.82) is 0 Å². The molecule has 3 aromatic carbocycles. The van der Waals surface area contributed by atoms with Gasteiger partial charge in [0.1, 0.15) is 5.25 Å². The summed E-state index contributed by atoms with van der Waals surface area (Å²) in [4.78, 5) is 29.5. The van der Waals surface area contributed by atoms with Gasteiger partial charge < -0.3 is 5.32 Å². The first kappa shape index (κ1) is 22.1. The summed E-state index contributed by atoms with van der Waals surface area (Å²) >= 11 is 1.31. The minimum absolute atomic E-state index is 0.0592. The van der Waals surface area contributed by atoms with Crippen LogP contribution in [0.4, 0.5) is 5.69 Å². The number of nitrogens with zero attached hydrogens (tertiary/aromatic N) is 3. The molecule has 2 atom stereocenters. The second-order valence-corrected chi connectivity index (χ2v) is 9.52. The third-order valence-electron chi connectivity index (χ3n) is 5.83. The molecule has 170 valence electrons. The third kappa shape index (κ3) is 4.79. The molecule has 0 unspecified atom stereocenters. The Hall–Kier alpha value is -3.71. The van der Waals surface area contributed by atoms with Crippen LogP contribution < -0.4 is 5.32 Å². The highest BCUT2D eigenvalue weighted by Crippen LogP contribution is 2.38.